The highest BCUT2D eigenvalue weighted by Crippen LogP contribution is 2.20. The number of benzene rings is 1. The molecule has 0 aliphatic rings. The van der Waals surface area contributed by atoms with Crippen molar-refractivity contribution in [3.05, 3.63) is 57.9 Å². The highest BCUT2D eigenvalue weighted by molar-refractivity contribution is 6.32. The summed E-state index contributed by atoms with van der Waals surface area (Å²) >= 11 is 6.01. The second-order valence-corrected chi connectivity index (χ2v) is 5.83. The largest absolute Gasteiger partial charge is 0.449 e. The summed E-state index contributed by atoms with van der Waals surface area (Å²) in [6.07, 6.45) is -1.03. The van der Waals surface area contributed by atoms with Gasteiger partial charge in [0.2, 0.25) is 0 Å². The van der Waals surface area contributed by atoms with E-state index >= 15 is 0 Å². The lowest BCUT2D eigenvalue weighted by Crippen LogP contribution is -2.30. The molecule has 1 aromatic heterocycles. The molecule has 6 nitrogen and oxygen atoms in total. The maximum atomic E-state index is 12.3. The molecule has 0 bridgehead atoms. The molecule has 25 heavy (non-hydrogen) atoms. The van der Waals surface area contributed by atoms with Gasteiger partial charge in [0.05, 0.1) is 17.2 Å². The number of carbonyl (C=O) groups is 2. The molecule has 1 N–H and O–H groups in total. The van der Waals surface area contributed by atoms with Crippen LogP contribution in [-0.4, -0.2) is 23.0 Å². The molecule has 0 aliphatic carbocycles. The minimum Gasteiger partial charge on any atom is -0.449 e. The number of amides is 1. The minimum atomic E-state index is -1.03. The number of anilines is 1. The molecule has 0 saturated carbocycles. The number of halogens is 1. The Hall–Kier alpha value is -2.91. The summed E-state index contributed by atoms with van der Waals surface area (Å²) in [6.45, 7) is 4.95. The lowest BCUT2D eigenvalue weighted by Gasteiger charge is -2.15. The number of nitrogens with zero attached hydrogens (tertiary/aromatic N) is 2. The first kappa shape index (κ1) is 18.4. The molecule has 1 heterocycles. The quantitative estimate of drug-likeness (QED) is 0.668. The van der Waals surface area contributed by atoms with E-state index in [-0.39, 0.29) is 10.7 Å². The van der Waals surface area contributed by atoms with Crippen LogP contribution in [0.5, 0.6) is 0 Å². The fraction of sp³-hybridized carbons (Fsp3) is 0.222. The predicted octanol–water partition coefficient (Wildman–Crippen LogP) is 3.41. The average Bonchev–Trinajstić information content (AvgIpc) is 2.54. The highest BCUT2D eigenvalue weighted by atomic mass is 35.5. The molecule has 0 spiro atoms. The van der Waals surface area contributed by atoms with Crippen molar-refractivity contribution in [1.29, 1.82) is 5.26 Å². The van der Waals surface area contributed by atoms with Gasteiger partial charge in [-0.05, 0) is 56.7 Å². The molecule has 0 aliphatic heterocycles. The second-order valence-electron chi connectivity index (χ2n) is 5.47. The highest BCUT2D eigenvalue weighted by Gasteiger charge is 2.23. The Bertz CT molecular complexity index is 834. The summed E-state index contributed by atoms with van der Waals surface area (Å²) in [5, 5.41) is 11.4. The number of pyridine rings is 1. The number of aromatic nitrogens is 1. The molecular formula is C18H16ClN3O3. The van der Waals surface area contributed by atoms with Crippen LogP contribution < -0.4 is 5.32 Å². The Morgan fingerprint density at radius 2 is 1.92 bits per heavy atom. The normalized spacial score (nSPS) is 11.3. The molecule has 0 saturated heterocycles. The summed E-state index contributed by atoms with van der Waals surface area (Å²) in [5.74, 6) is -1.20. The SMILES string of the molecule is Cc1cc(C)c(C(=O)O[C@@H](C)C(=O)Nc2ccc(C#N)cc2)c(Cl)n1. The van der Waals surface area contributed by atoms with E-state index in [4.69, 9.17) is 21.6 Å². The number of ether oxygens (including phenoxy) is 1. The van der Waals surface area contributed by atoms with Gasteiger partial charge in [-0.2, -0.15) is 5.26 Å². The van der Waals surface area contributed by atoms with E-state index in [9.17, 15) is 9.59 Å². The minimum absolute atomic E-state index is 0.0437. The molecular weight excluding hydrogens is 342 g/mol. The van der Waals surface area contributed by atoms with E-state index in [1.165, 1.54) is 6.92 Å². The monoisotopic (exact) mass is 357 g/mol. The maximum Gasteiger partial charge on any atom is 0.342 e. The third-order valence-electron chi connectivity index (χ3n) is 3.44. The third-order valence-corrected chi connectivity index (χ3v) is 3.71. The van der Waals surface area contributed by atoms with Crippen molar-refractivity contribution in [2.24, 2.45) is 0 Å². The zero-order valence-corrected chi connectivity index (χ0v) is 14.7. The molecule has 0 radical (unpaired) electrons. The number of rotatable bonds is 4. The van der Waals surface area contributed by atoms with E-state index in [0.717, 1.165) is 0 Å². The van der Waals surface area contributed by atoms with E-state index in [1.807, 2.05) is 6.07 Å². The predicted molar refractivity (Wildman–Crippen MR) is 93.4 cm³/mol. The van der Waals surface area contributed by atoms with Gasteiger partial charge in [-0.3, -0.25) is 4.79 Å². The van der Waals surface area contributed by atoms with Crippen LogP contribution in [-0.2, 0) is 9.53 Å². The summed E-state index contributed by atoms with van der Waals surface area (Å²) in [7, 11) is 0. The molecule has 1 atom stereocenters. The van der Waals surface area contributed by atoms with Crippen LogP contribution >= 0.6 is 11.6 Å². The van der Waals surface area contributed by atoms with Crippen LogP contribution in [0.25, 0.3) is 0 Å². The smallest absolute Gasteiger partial charge is 0.342 e. The third kappa shape index (κ3) is 4.55. The number of nitrogens with one attached hydrogen (secondary N) is 1. The zero-order chi connectivity index (χ0) is 18.6. The van der Waals surface area contributed by atoms with Crippen molar-refractivity contribution in [3.8, 4) is 6.07 Å². The Morgan fingerprint density at radius 3 is 2.48 bits per heavy atom. The molecule has 2 rings (SSSR count). The first-order chi connectivity index (χ1) is 11.8. The van der Waals surface area contributed by atoms with Crippen LogP contribution in [0, 0.1) is 25.2 Å². The summed E-state index contributed by atoms with van der Waals surface area (Å²) in [4.78, 5) is 28.5. The molecule has 0 fully saturated rings. The second kappa shape index (κ2) is 7.77. The van der Waals surface area contributed by atoms with Gasteiger partial charge >= 0.3 is 5.97 Å². The van der Waals surface area contributed by atoms with Crippen molar-refractivity contribution < 1.29 is 14.3 Å². The Labute approximate surface area is 150 Å². The van der Waals surface area contributed by atoms with Crippen LogP contribution in [0.1, 0.15) is 34.1 Å². The van der Waals surface area contributed by atoms with Crippen molar-refractivity contribution in [1.82, 2.24) is 4.98 Å². The standard InChI is InChI=1S/C18H16ClN3O3/c1-10-8-11(2)21-16(19)15(10)18(24)25-12(3)17(23)22-14-6-4-13(9-20)5-7-14/h4-8,12H,1-3H3,(H,22,23)/t12-/m0/s1. The van der Waals surface area contributed by atoms with Crippen LogP contribution in [0.15, 0.2) is 30.3 Å². The first-order valence-corrected chi connectivity index (χ1v) is 7.85. The summed E-state index contributed by atoms with van der Waals surface area (Å²) < 4.78 is 5.19. The maximum absolute atomic E-state index is 12.3. The van der Waals surface area contributed by atoms with Crippen LogP contribution in [0.2, 0.25) is 5.15 Å². The van der Waals surface area contributed by atoms with Gasteiger partial charge in [-0.25, -0.2) is 9.78 Å². The molecule has 128 valence electrons. The topological polar surface area (TPSA) is 92.1 Å². The Morgan fingerprint density at radius 1 is 1.28 bits per heavy atom. The van der Waals surface area contributed by atoms with E-state index in [2.05, 4.69) is 10.3 Å². The Balaban J connectivity index is 2.05. The van der Waals surface area contributed by atoms with Gasteiger partial charge in [-0.1, -0.05) is 11.6 Å². The average molecular weight is 358 g/mol. The summed E-state index contributed by atoms with van der Waals surface area (Å²) in [5.41, 5.74) is 2.44. The van der Waals surface area contributed by atoms with Gasteiger partial charge < -0.3 is 10.1 Å². The Kier molecular flexibility index (Phi) is 5.73. The van der Waals surface area contributed by atoms with Crippen molar-refractivity contribution in [2.45, 2.75) is 26.9 Å². The molecule has 2 aromatic rings. The zero-order valence-electron chi connectivity index (χ0n) is 14.0. The molecule has 7 heteroatoms. The first-order valence-electron chi connectivity index (χ1n) is 7.47. The van der Waals surface area contributed by atoms with E-state index < -0.39 is 18.0 Å². The number of esters is 1. The van der Waals surface area contributed by atoms with Gasteiger partial charge in [0, 0.05) is 11.4 Å². The fourth-order valence-electron chi connectivity index (χ4n) is 2.18. The fourth-order valence-corrected chi connectivity index (χ4v) is 2.54. The van der Waals surface area contributed by atoms with Crippen LogP contribution in [0.4, 0.5) is 5.69 Å². The number of nitriles is 1. The molecule has 0 unspecified atom stereocenters. The van der Waals surface area contributed by atoms with Gasteiger partial charge in [0.15, 0.2) is 6.10 Å². The van der Waals surface area contributed by atoms with E-state index in [0.29, 0.717) is 22.5 Å². The lowest BCUT2D eigenvalue weighted by atomic mass is 10.1. The number of aryl methyl sites for hydroxylation is 2. The van der Waals surface area contributed by atoms with Gasteiger partial charge in [-0.15, -0.1) is 0 Å². The number of hydrogen-bond acceptors (Lipinski definition) is 5. The van der Waals surface area contributed by atoms with Crippen molar-refractivity contribution in [3.63, 3.8) is 0 Å². The number of hydrogen-bond donors (Lipinski definition) is 1. The van der Waals surface area contributed by atoms with Crippen molar-refractivity contribution in [2.75, 3.05) is 5.32 Å². The summed E-state index contributed by atoms with van der Waals surface area (Å²) in [6, 6.07) is 10.0. The van der Waals surface area contributed by atoms with Crippen LogP contribution in [0.3, 0.4) is 0 Å². The van der Waals surface area contributed by atoms with E-state index in [1.54, 1.807) is 44.2 Å². The molecule has 1 aromatic carbocycles. The van der Waals surface area contributed by atoms with Gasteiger partial charge in [0.1, 0.15) is 5.15 Å². The number of carbonyl (C=O) groups excluding carboxylic acids is 2. The molecule has 1 amide bonds. The van der Waals surface area contributed by atoms with Crippen molar-refractivity contribution >= 4 is 29.2 Å². The lowest BCUT2D eigenvalue weighted by molar-refractivity contribution is -0.123. The van der Waals surface area contributed by atoms with Gasteiger partial charge in [0.25, 0.3) is 5.91 Å².